The van der Waals surface area contributed by atoms with Gasteiger partial charge in [0.05, 0.1) is 35.9 Å². The van der Waals surface area contributed by atoms with Gasteiger partial charge in [-0.3, -0.25) is 4.90 Å². The minimum absolute atomic E-state index is 0.242. The molecular formula is C32H34ClFN4O3. The second kappa shape index (κ2) is 10.8. The number of anilines is 1. The smallest absolute Gasteiger partial charge is 0.185 e. The van der Waals surface area contributed by atoms with Crippen molar-refractivity contribution in [3.05, 3.63) is 82.4 Å². The summed E-state index contributed by atoms with van der Waals surface area (Å²) in [4.78, 5) is 9.90. The summed E-state index contributed by atoms with van der Waals surface area (Å²) in [6, 6.07) is 17.4. The van der Waals surface area contributed by atoms with Crippen LogP contribution in [0.25, 0.3) is 11.0 Å². The van der Waals surface area contributed by atoms with Gasteiger partial charge >= 0.3 is 0 Å². The Hall–Kier alpha value is -3.33. The van der Waals surface area contributed by atoms with E-state index in [0.717, 1.165) is 62.8 Å². The number of nitrogens with zero attached hydrogens (tertiary/aromatic N) is 4. The highest BCUT2D eigenvalue weighted by Gasteiger charge is 2.32. The number of hydrogen-bond acceptors (Lipinski definition) is 6. The maximum absolute atomic E-state index is 14.7. The van der Waals surface area contributed by atoms with Crippen molar-refractivity contribution in [3.63, 3.8) is 0 Å². The van der Waals surface area contributed by atoms with Gasteiger partial charge in [0.25, 0.3) is 0 Å². The normalized spacial score (nSPS) is 22.6. The van der Waals surface area contributed by atoms with Crippen molar-refractivity contribution < 1.29 is 18.6 Å². The van der Waals surface area contributed by atoms with E-state index in [9.17, 15) is 4.39 Å². The molecule has 1 aromatic heterocycles. The van der Waals surface area contributed by atoms with Crippen LogP contribution in [0.5, 0.6) is 11.5 Å². The summed E-state index contributed by atoms with van der Waals surface area (Å²) in [5, 5.41) is 0.359. The number of ether oxygens (including phenoxy) is 3. The molecule has 0 radical (unpaired) electrons. The van der Waals surface area contributed by atoms with Gasteiger partial charge in [0.2, 0.25) is 0 Å². The van der Waals surface area contributed by atoms with E-state index >= 15 is 0 Å². The molecule has 0 aliphatic carbocycles. The van der Waals surface area contributed by atoms with E-state index in [0.29, 0.717) is 22.1 Å². The van der Waals surface area contributed by atoms with Crippen LogP contribution in [0.4, 0.5) is 10.1 Å². The van der Waals surface area contributed by atoms with Crippen molar-refractivity contribution in [3.8, 4) is 11.5 Å². The Morgan fingerprint density at radius 1 is 1.10 bits per heavy atom. The van der Waals surface area contributed by atoms with Crippen LogP contribution in [0.1, 0.15) is 36.4 Å². The lowest BCUT2D eigenvalue weighted by Crippen LogP contribution is -2.52. The van der Waals surface area contributed by atoms with Gasteiger partial charge < -0.3 is 23.7 Å². The van der Waals surface area contributed by atoms with Crippen molar-refractivity contribution in [2.24, 2.45) is 0 Å². The lowest BCUT2D eigenvalue weighted by molar-refractivity contribution is -0.0592. The summed E-state index contributed by atoms with van der Waals surface area (Å²) in [5.74, 6) is 2.05. The zero-order chi connectivity index (χ0) is 28.1. The molecule has 3 unspecified atom stereocenters. The number of imidazole rings is 1. The quantitative estimate of drug-likeness (QED) is 0.274. The minimum Gasteiger partial charge on any atom is -0.485 e. The highest BCUT2D eigenvalue weighted by atomic mass is 35.5. The van der Waals surface area contributed by atoms with Crippen molar-refractivity contribution >= 4 is 28.3 Å². The highest BCUT2D eigenvalue weighted by Crippen LogP contribution is 2.44. The standard InChI is InChI=1S/C32H34ClFN4O3/c1-20-6-9-26-28(14-20)38(17-23-10-13-39-23)31(35-26)18-36-11-12-37(16-21(36)2)27-4-3-5-29-32(27)41-30(19-40-29)24-8-7-22(33)15-25(24)34/h3-9,14-15,21,23,30H,10-13,16-19H2,1-2H3. The molecule has 3 aliphatic rings. The largest absolute Gasteiger partial charge is 0.485 e. The Labute approximate surface area is 244 Å². The summed E-state index contributed by atoms with van der Waals surface area (Å²) in [6.07, 6.45) is 0.812. The summed E-state index contributed by atoms with van der Waals surface area (Å²) >= 11 is 5.97. The first-order valence-corrected chi connectivity index (χ1v) is 14.7. The maximum Gasteiger partial charge on any atom is 0.185 e. The van der Waals surface area contributed by atoms with E-state index in [4.69, 9.17) is 30.8 Å². The molecule has 3 aliphatic heterocycles. The topological polar surface area (TPSA) is 52.0 Å². The molecule has 4 aromatic rings. The van der Waals surface area contributed by atoms with Gasteiger partial charge in [-0.1, -0.05) is 29.8 Å². The molecule has 0 saturated carbocycles. The fourth-order valence-corrected chi connectivity index (χ4v) is 6.27. The van der Waals surface area contributed by atoms with E-state index in [1.165, 1.54) is 17.1 Å². The Balaban J connectivity index is 1.09. The molecule has 3 atom stereocenters. The molecule has 2 saturated heterocycles. The number of para-hydroxylation sites is 1. The molecule has 9 heteroatoms. The molecule has 0 spiro atoms. The van der Waals surface area contributed by atoms with Crippen molar-refractivity contribution in [2.75, 3.05) is 37.7 Å². The Bertz CT molecular complexity index is 1590. The van der Waals surface area contributed by atoms with Gasteiger partial charge in [-0.2, -0.15) is 0 Å². The van der Waals surface area contributed by atoms with Crippen molar-refractivity contribution in [2.45, 2.75) is 51.6 Å². The second-order valence-electron chi connectivity index (χ2n) is 11.4. The number of piperazine rings is 1. The molecular weight excluding hydrogens is 543 g/mol. The Kier molecular flexibility index (Phi) is 7.01. The Morgan fingerprint density at radius 3 is 2.76 bits per heavy atom. The average Bonchev–Trinajstić information content (AvgIpc) is 3.27. The summed E-state index contributed by atoms with van der Waals surface area (Å²) in [6.45, 7) is 9.62. The molecule has 4 heterocycles. The predicted molar refractivity (Wildman–Crippen MR) is 158 cm³/mol. The van der Waals surface area contributed by atoms with Crippen molar-refractivity contribution in [1.82, 2.24) is 14.5 Å². The van der Waals surface area contributed by atoms with Gasteiger partial charge in [0.1, 0.15) is 18.2 Å². The van der Waals surface area contributed by atoms with E-state index < -0.39 is 6.10 Å². The number of halogens is 2. The van der Waals surface area contributed by atoms with Gasteiger partial charge in [0.15, 0.2) is 17.6 Å². The number of hydrogen-bond donors (Lipinski definition) is 0. The summed E-state index contributed by atoms with van der Waals surface area (Å²) in [7, 11) is 0. The second-order valence-corrected chi connectivity index (χ2v) is 11.8. The van der Waals surface area contributed by atoms with Crippen LogP contribution in [0.2, 0.25) is 5.02 Å². The van der Waals surface area contributed by atoms with Crippen LogP contribution < -0.4 is 14.4 Å². The lowest BCUT2D eigenvalue weighted by atomic mass is 10.1. The lowest BCUT2D eigenvalue weighted by Gasteiger charge is -2.42. The van der Waals surface area contributed by atoms with E-state index in [1.807, 2.05) is 12.1 Å². The third kappa shape index (κ3) is 5.13. The number of fused-ring (bicyclic) bond motifs is 2. The van der Waals surface area contributed by atoms with Gasteiger partial charge in [-0.05, 0) is 62.2 Å². The number of rotatable bonds is 6. The SMILES string of the molecule is Cc1ccc2nc(CN3CCN(c4cccc5c4OC(c4ccc(Cl)cc4F)CO5)CC3C)n(CC3CCO3)c2c1. The molecule has 7 nitrogen and oxygen atoms in total. The van der Waals surface area contributed by atoms with Crippen LogP contribution in [0.3, 0.4) is 0 Å². The average molecular weight is 577 g/mol. The van der Waals surface area contributed by atoms with Crippen molar-refractivity contribution in [1.29, 1.82) is 0 Å². The molecule has 214 valence electrons. The predicted octanol–water partition coefficient (Wildman–Crippen LogP) is 6.15. The fraction of sp³-hybridized carbons (Fsp3) is 0.406. The third-order valence-electron chi connectivity index (χ3n) is 8.53. The number of aromatic nitrogens is 2. The minimum atomic E-state index is -0.545. The van der Waals surface area contributed by atoms with Crippen LogP contribution in [0.15, 0.2) is 54.6 Å². The first-order chi connectivity index (χ1) is 19.9. The van der Waals surface area contributed by atoms with Gasteiger partial charge in [0, 0.05) is 42.9 Å². The molecule has 0 N–H and O–H groups in total. The Morgan fingerprint density at radius 2 is 1.98 bits per heavy atom. The number of aryl methyl sites for hydroxylation is 1. The summed E-state index contributed by atoms with van der Waals surface area (Å²) < 4.78 is 35.3. The molecule has 0 amide bonds. The van der Waals surface area contributed by atoms with Gasteiger partial charge in [-0.25, -0.2) is 9.37 Å². The first-order valence-electron chi connectivity index (χ1n) is 14.4. The van der Waals surface area contributed by atoms with Crippen LogP contribution >= 0.6 is 11.6 Å². The molecule has 41 heavy (non-hydrogen) atoms. The van der Waals surface area contributed by atoms with E-state index in [-0.39, 0.29) is 24.6 Å². The van der Waals surface area contributed by atoms with Crippen LogP contribution in [-0.2, 0) is 17.8 Å². The number of benzene rings is 3. The van der Waals surface area contributed by atoms with Gasteiger partial charge in [-0.15, -0.1) is 0 Å². The molecule has 2 fully saturated rings. The van der Waals surface area contributed by atoms with Crippen LogP contribution in [0, 0.1) is 12.7 Å². The summed E-state index contributed by atoms with van der Waals surface area (Å²) in [5.41, 5.74) is 4.87. The zero-order valence-corrected chi connectivity index (χ0v) is 24.1. The molecule has 3 aromatic carbocycles. The zero-order valence-electron chi connectivity index (χ0n) is 23.4. The third-order valence-corrected chi connectivity index (χ3v) is 8.77. The monoisotopic (exact) mass is 576 g/mol. The fourth-order valence-electron chi connectivity index (χ4n) is 6.11. The highest BCUT2D eigenvalue weighted by molar-refractivity contribution is 6.30. The maximum atomic E-state index is 14.7. The molecule has 7 rings (SSSR count). The van der Waals surface area contributed by atoms with Crippen LogP contribution in [-0.4, -0.2) is 59.4 Å². The van der Waals surface area contributed by atoms with E-state index in [1.54, 1.807) is 12.1 Å². The molecule has 0 bridgehead atoms. The first kappa shape index (κ1) is 26.6. The van der Waals surface area contributed by atoms with E-state index in [2.05, 4.69) is 52.5 Å².